The molecule has 0 saturated carbocycles. The molecule has 5 rings (SSSR count). The summed E-state index contributed by atoms with van der Waals surface area (Å²) in [7, 11) is 0. The first-order valence-electron chi connectivity index (χ1n) is 8.61. The maximum absolute atomic E-state index is 12.6. The SMILES string of the molecule is O=c1c2ncccc2ncn1Cc1ccc(-c2cnc3ccccn23)cc1. The molecular formula is C21H15N5O. The first-order chi connectivity index (χ1) is 13.3. The van der Waals surface area contributed by atoms with Gasteiger partial charge in [-0.2, -0.15) is 0 Å². The standard InChI is InChI=1S/C21H15N5O/c27-21-20-17(4-3-10-22-20)24-14-25(21)13-15-6-8-16(9-7-15)18-12-23-19-5-1-2-11-26(18)19/h1-12,14H,13H2. The molecule has 0 aliphatic carbocycles. The predicted molar refractivity (Wildman–Crippen MR) is 104 cm³/mol. The number of hydrogen-bond acceptors (Lipinski definition) is 4. The summed E-state index contributed by atoms with van der Waals surface area (Å²) in [5.74, 6) is 0. The first kappa shape index (κ1) is 15.5. The Hall–Kier alpha value is -3.80. The van der Waals surface area contributed by atoms with E-state index in [9.17, 15) is 4.79 Å². The van der Waals surface area contributed by atoms with E-state index in [0.29, 0.717) is 17.6 Å². The molecular weight excluding hydrogens is 338 g/mol. The number of benzene rings is 1. The van der Waals surface area contributed by atoms with Crippen LogP contribution in [0.1, 0.15) is 5.56 Å². The van der Waals surface area contributed by atoms with Gasteiger partial charge in [0.15, 0.2) is 5.52 Å². The van der Waals surface area contributed by atoms with Crippen LogP contribution in [0.4, 0.5) is 0 Å². The van der Waals surface area contributed by atoms with Gasteiger partial charge in [-0.05, 0) is 29.8 Å². The van der Waals surface area contributed by atoms with Crippen molar-refractivity contribution in [2.45, 2.75) is 6.54 Å². The van der Waals surface area contributed by atoms with Gasteiger partial charge in [-0.1, -0.05) is 30.3 Å². The Morgan fingerprint density at radius 3 is 2.67 bits per heavy atom. The van der Waals surface area contributed by atoms with Crippen molar-refractivity contribution in [3.05, 3.63) is 95.4 Å². The van der Waals surface area contributed by atoms with Crippen molar-refractivity contribution in [1.82, 2.24) is 23.9 Å². The van der Waals surface area contributed by atoms with Crippen LogP contribution < -0.4 is 5.56 Å². The highest BCUT2D eigenvalue weighted by Gasteiger charge is 2.07. The molecule has 5 aromatic rings. The molecule has 6 heteroatoms. The fourth-order valence-electron chi connectivity index (χ4n) is 3.22. The van der Waals surface area contributed by atoms with Gasteiger partial charge >= 0.3 is 0 Å². The van der Waals surface area contributed by atoms with Gasteiger partial charge in [-0.15, -0.1) is 0 Å². The highest BCUT2D eigenvalue weighted by atomic mass is 16.1. The van der Waals surface area contributed by atoms with Crippen molar-refractivity contribution in [1.29, 1.82) is 0 Å². The predicted octanol–water partition coefficient (Wildman–Crippen LogP) is 3.15. The van der Waals surface area contributed by atoms with Crippen LogP contribution in [0.25, 0.3) is 27.9 Å². The molecule has 0 N–H and O–H groups in total. The Morgan fingerprint density at radius 2 is 1.78 bits per heavy atom. The Balaban J connectivity index is 1.48. The van der Waals surface area contributed by atoms with Crippen LogP contribution >= 0.6 is 0 Å². The summed E-state index contributed by atoms with van der Waals surface area (Å²) in [6.45, 7) is 0.450. The molecule has 0 amide bonds. The largest absolute Gasteiger partial charge is 0.300 e. The van der Waals surface area contributed by atoms with E-state index in [1.165, 1.54) is 0 Å². The van der Waals surface area contributed by atoms with Crippen LogP contribution in [0, 0.1) is 0 Å². The summed E-state index contributed by atoms with van der Waals surface area (Å²) in [6.07, 6.45) is 7.05. The van der Waals surface area contributed by atoms with E-state index < -0.39 is 0 Å². The van der Waals surface area contributed by atoms with Gasteiger partial charge in [0.2, 0.25) is 0 Å². The minimum absolute atomic E-state index is 0.133. The molecule has 0 radical (unpaired) electrons. The van der Waals surface area contributed by atoms with Crippen LogP contribution in [0.5, 0.6) is 0 Å². The van der Waals surface area contributed by atoms with E-state index in [-0.39, 0.29) is 5.56 Å². The van der Waals surface area contributed by atoms with Crippen molar-refractivity contribution < 1.29 is 0 Å². The number of aromatic nitrogens is 5. The topological polar surface area (TPSA) is 65.1 Å². The monoisotopic (exact) mass is 353 g/mol. The number of nitrogens with zero attached hydrogens (tertiary/aromatic N) is 5. The van der Waals surface area contributed by atoms with Crippen molar-refractivity contribution in [3.8, 4) is 11.3 Å². The lowest BCUT2D eigenvalue weighted by Gasteiger charge is -2.07. The molecule has 0 spiro atoms. The molecule has 0 bridgehead atoms. The molecule has 1 aromatic carbocycles. The van der Waals surface area contributed by atoms with E-state index >= 15 is 0 Å². The minimum Gasteiger partial charge on any atom is -0.300 e. The second-order valence-corrected chi connectivity index (χ2v) is 6.32. The quantitative estimate of drug-likeness (QED) is 0.500. The lowest BCUT2D eigenvalue weighted by Crippen LogP contribution is -2.21. The van der Waals surface area contributed by atoms with Crippen LogP contribution in [-0.4, -0.2) is 23.9 Å². The van der Waals surface area contributed by atoms with Gasteiger partial charge in [0.05, 0.1) is 30.3 Å². The van der Waals surface area contributed by atoms with E-state index in [1.54, 1.807) is 29.2 Å². The molecule has 0 aliphatic rings. The number of rotatable bonds is 3. The van der Waals surface area contributed by atoms with Crippen LogP contribution in [-0.2, 0) is 6.54 Å². The van der Waals surface area contributed by atoms with Gasteiger partial charge in [0.25, 0.3) is 5.56 Å². The third-order valence-electron chi connectivity index (χ3n) is 4.61. The molecule has 4 aromatic heterocycles. The average Bonchev–Trinajstić information content (AvgIpc) is 3.15. The van der Waals surface area contributed by atoms with Crippen molar-refractivity contribution in [2.24, 2.45) is 0 Å². The van der Waals surface area contributed by atoms with Crippen LogP contribution in [0.2, 0.25) is 0 Å². The fraction of sp³-hybridized carbons (Fsp3) is 0.0476. The molecule has 4 heterocycles. The Kier molecular flexibility index (Phi) is 3.53. The first-order valence-corrected chi connectivity index (χ1v) is 8.61. The Morgan fingerprint density at radius 1 is 0.889 bits per heavy atom. The maximum Gasteiger partial charge on any atom is 0.280 e. The zero-order chi connectivity index (χ0) is 18.2. The Labute approximate surface area is 154 Å². The minimum atomic E-state index is -0.133. The number of imidazole rings is 1. The zero-order valence-electron chi connectivity index (χ0n) is 14.4. The van der Waals surface area contributed by atoms with E-state index in [4.69, 9.17) is 0 Å². The molecule has 6 nitrogen and oxygen atoms in total. The van der Waals surface area contributed by atoms with Crippen LogP contribution in [0.3, 0.4) is 0 Å². The normalized spacial score (nSPS) is 11.3. The third-order valence-corrected chi connectivity index (χ3v) is 4.61. The van der Waals surface area contributed by atoms with Crippen molar-refractivity contribution in [2.75, 3.05) is 0 Å². The number of hydrogen-bond donors (Lipinski definition) is 0. The van der Waals surface area contributed by atoms with Crippen molar-refractivity contribution in [3.63, 3.8) is 0 Å². The summed E-state index contributed by atoms with van der Waals surface area (Å²) in [4.78, 5) is 25.5. The molecule has 0 fully saturated rings. The molecule has 130 valence electrons. The summed E-state index contributed by atoms with van der Waals surface area (Å²) in [5, 5.41) is 0. The molecule has 0 unspecified atom stereocenters. The van der Waals surface area contributed by atoms with E-state index in [1.807, 2.05) is 54.9 Å². The molecule has 0 atom stereocenters. The second-order valence-electron chi connectivity index (χ2n) is 6.32. The molecule has 0 aliphatic heterocycles. The highest BCUT2D eigenvalue weighted by molar-refractivity contribution is 5.72. The third kappa shape index (κ3) is 2.67. The summed E-state index contributed by atoms with van der Waals surface area (Å²) in [5.41, 5.74) is 4.91. The number of fused-ring (bicyclic) bond motifs is 2. The molecule has 0 saturated heterocycles. The van der Waals surface area contributed by atoms with E-state index in [2.05, 4.69) is 19.4 Å². The van der Waals surface area contributed by atoms with Crippen molar-refractivity contribution >= 4 is 16.7 Å². The molecule has 27 heavy (non-hydrogen) atoms. The van der Waals surface area contributed by atoms with Gasteiger partial charge in [-0.25, -0.2) is 15.0 Å². The van der Waals surface area contributed by atoms with Gasteiger partial charge < -0.3 is 0 Å². The summed E-state index contributed by atoms with van der Waals surface area (Å²) in [6, 6.07) is 17.6. The maximum atomic E-state index is 12.6. The average molecular weight is 353 g/mol. The second kappa shape index (κ2) is 6.17. The smallest absolute Gasteiger partial charge is 0.280 e. The van der Waals surface area contributed by atoms with Crippen LogP contribution in [0.15, 0.2) is 84.3 Å². The van der Waals surface area contributed by atoms with E-state index in [0.717, 1.165) is 22.5 Å². The highest BCUT2D eigenvalue weighted by Crippen LogP contribution is 2.21. The zero-order valence-corrected chi connectivity index (χ0v) is 14.4. The van der Waals surface area contributed by atoms with Gasteiger partial charge in [-0.3, -0.25) is 13.8 Å². The summed E-state index contributed by atoms with van der Waals surface area (Å²) < 4.78 is 3.64. The van der Waals surface area contributed by atoms with Gasteiger partial charge in [0.1, 0.15) is 5.65 Å². The Bertz CT molecular complexity index is 1320. The fourth-order valence-corrected chi connectivity index (χ4v) is 3.22. The lowest BCUT2D eigenvalue weighted by molar-refractivity contribution is 0.746. The van der Waals surface area contributed by atoms with Gasteiger partial charge in [0, 0.05) is 18.0 Å². The summed E-state index contributed by atoms with van der Waals surface area (Å²) >= 11 is 0. The number of pyridine rings is 2. The lowest BCUT2D eigenvalue weighted by atomic mass is 10.1.